The maximum absolute atomic E-state index is 13.2. The summed E-state index contributed by atoms with van der Waals surface area (Å²) in [5, 5.41) is 20.9. The zero-order chi connectivity index (χ0) is 20.6. The molecule has 0 saturated heterocycles. The number of ether oxygens (including phenoxy) is 1. The Morgan fingerprint density at radius 3 is 2.62 bits per heavy atom. The highest BCUT2D eigenvalue weighted by molar-refractivity contribution is 7.99. The number of carbonyl (C=O) groups is 1. The monoisotopic (exact) mass is 412 g/mol. The van der Waals surface area contributed by atoms with Gasteiger partial charge in [-0.3, -0.25) is 4.79 Å². The molecular weight excluding hydrogens is 395 g/mol. The average Bonchev–Trinajstić information content (AvgIpc) is 3.22. The largest absolute Gasteiger partial charge is 0.497 e. The fourth-order valence-corrected chi connectivity index (χ4v) is 3.31. The highest BCUT2D eigenvalue weighted by Crippen LogP contribution is 2.22. The number of rotatable bonds is 8. The summed E-state index contributed by atoms with van der Waals surface area (Å²) in [5.74, 6) is 0.133. The molecule has 1 amide bonds. The number of thioether (sulfide) groups is 1. The van der Waals surface area contributed by atoms with Crippen molar-refractivity contribution in [1.29, 1.82) is 5.26 Å². The van der Waals surface area contributed by atoms with Gasteiger partial charge in [0.1, 0.15) is 11.6 Å². The molecule has 29 heavy (non-hydrogen) atoms. The number of hydrogen-bond donors (Lipinski definition) is 0. The molecule has 1 aromatic heterocycles. The Hall–Kier alpha value is -3.45. The van der Waals surface area contributed by atoms with E-state index in [1.165, 1.54) is 45.6 Å². The van der Waals surface area contributed by atoms with Crippen LogP contribution in [-0.2, 0) is 4.79 Å². The van der Waals surface area contributed by atoms with Crippen molar-refractivity contribution < 1.29 is 13.9 Å². The number of nitriles is 1. The van der Waals surface area contributed by atoms with Gasteiger partial charge in [0.05, 0.1) is 31.0 Å². The van der Waals surface area contributed by atoms with E-state index in [4.69, 9.17) is 10.00 Å². The van der Waals surface area contributed by atoms with Gasteiger partial charge < -0.3 is 9.64 Å². The van der Waals surface area contributed by atoms with Crippen LogP contribution in [-0.4, -0.2) is 45.5 Å². The van der Waals surface area contributed by atoms with Gasteiger partial charge in [0.25, 0.3) is 0 Å². The van der Waals surface area contributed by atoms with Crippen molar-refractivity contribution in [3.05, 3.63) is 54.3 Å². The highest BCUT2D eigenvalue weighted by atomic mass is 32.2. The lowest BCUT2D eigenvalue weighted by molar-refractivity contribution is -0.116. The van der Waals surface area contributed by atoms with E-state index in [1.807, 2.05) is 6.07 Å². The van der Waals surface area contributed by atoms with Crippen LogP contribution in [0.25, 0.3) is 5.69 Å². The first-order chi connectivity index (χ1) is 14.1. The van der Waals surface area contributed by atoms with Crippen LogP contribution in [0.2, 0.25) is 0 Å². The number of nitrogens with zero attached hydrogens (tertiary/aromatic N) is 6. The lowest BCUT2D eigenvalue weighted by Crippen LogP contribution is -2.33. The zero-order valence-corrected chi connectivity index (χ0v) is 16.3. The quantitative estimate of drug-likeness (QED) is 0.525. The molecule has 0 saturated carbocycles. The van der Waals surface area contributed by atoms with Crippen LogP contribution < -0.4 is 9.64 Å². The summed E-state index contributed by atoms with van der Waals surface area (Å²) in [6.45, 7) is 0.213. The van der Waals surface area contributed by atoms with Gasteiger partial charge in [0.2, 0.25) is 11.1 Å². The molecule has 0 atom stereocenters. The SMILES string of the molecule is COc1ccc(-n2nnnc2SCC(=O)N(CCC#N)c2ccc(F)cc2)cc1. The summed E-state index contributed by atoms with van der Waals surface area (Å²) in [6, 6.07) is 14.8. The van der Waals surface area contributed by atoms with Gasteiger partial charge in [0.15, 0.2) is 0 Å². The van der Waals surface area contributed by atoms with Crippen molar-refractivity contribution in [2.24, 2.45) is 0 Å². The zero-order valence-electron chi connectivity index (χ0n) is 15.5. The average molecular weight is 412 g/mol. The molecule has 1 heterocycles. The number of carbonyl (C=O) groups excluding carboxylic acids is 1. The van der Waals surface area contributed by atoms with Gasteiger partial charge in [0, 0.05) is 12.2 Å². The number of hydrogen-bond acceptors (Lipinski definition) is 7. The molecule has 0 aliphatic rings. The van der Waals surface area contributed by atoms with E-state index in [-0.39, 0.29) is 24.6 Å². The third kappa shape index (κ3) is 5.08. The molecule has 10 heteroatoms. The van der Waals surface area contributed by atoms with Crippen molar-refractivity contribution in [2.45, 2.75) is 11.6 Å². The van der Waals surface area contributed by atoms with Crippen LogP contribution >= 0.6 is 11.8 Å². The van der Waals surface area contributed by atoms with Gasteiger partial charge in [-0.1, -0.05) is 11.8 Å². The maximum Gasteiger partial charge on any atom is 0.237 e. The third-order valence-electron chi connectivity index (χ3n) is 3.97. The molecule has 8 nitrogen and oxygen atoms in total. The molecule has 0 bridgehead atoms. The molecular formula is C19H17FN6O2S. The fourth-order valence-electron chi connectivity index (χ4n) is 2.54. The van der Waals surface area contributed by atoms with Gasteiger partial charge >= 0.3 is 0 Å². The van der Waals surface area contributed by atoms with E-state index in [9.17, 15) is 9.18 Å². The van der Waals surface area contributed by atoms with Crippen LogP contribution in [0.3, 0.4) is 0 Å². The second-order valence-electron chi connectivity index (χ2n) is 5.79. The molecule has 3 rings (SSSR count). The first-order valence-corrected chi connectivity index (χ1v) is 9.59. The Morgan fingerprint density at radius 2 is 1.97 bits per heavy atom. The minimum absolute atomic E-state index is 0.0549. The minimum atomic E-state index is -0.394. The number of aromatic nitrogens is 4. The third-order valence-corrected chi connectivity index (χ3v) is 4.87. The molecule has 2 aromatic carbocycles. The van der Waals surface area contributed by atoms with Crippen LogP contribution in [0.4, 0.5) is 10.1 Å². The lowest BCUT2D eigenvalue weighted by Gasteiger charge is -2.21. The normalized spacial score (nSPS) is 10.4. The summed E-state index contributed by atoms with van der Waals surface area (Å²) in [4.78, 5) is 14.2. The van der Waals surface area contributed by atoms with Crippen molar-refractivity contribution in [3.8, 4) is 17.5 Å². The second-order valence-corrected chi connectivity index (χ2v) is 6.73. The number of benzene rings is 2. The number of tetrazole rings is 1. The van der Waals surface area contributed by atoms with E-state index in [2.05, 4.69) is 15.5 Å². The van der Waals surface area contributed by atoms with Gasteiger partial charge in [-0.2, -0.15) is 9.94 Å². The molecule has 0 aliphatic carbocycles. The standard InChI is InChI=1S/C19H17FN6O2S/c1-28-17-9-7-16(8-10-17)26-19(22-23-24-26)29-13-18(27)25(12-2-11-21)15-5-3-14(20)4-6-15/h3-10H,2,12-13H2,1H3. The summed E-state index contributed by atoms with van der Waals surface area (Å²) in [5.41, 5.74) is 1.26. The first-order valence-electron chi connectivity index (χ1n) is 8.61. The molecule has 0 unspecified atom stereocenters. The van der Waals surface area contributed by atoms with Crippen molar-refractivity contribution in [1.82, 2.24) is 20.2 Å². The summed E-state index contributed by atoms with van der Waals surface area (Å²) < 4.78 is 19.9. The van der Waals surface area contributed by atoms with Crippen molar-refractivity contribution in [3.63, 3.8) is 0 Å². The predicted octanol–water partition coefficient (Wildman–Crippen LogP) is 2.85. The van der Waals surface area contributed by atoms with E-state index >= 15 is 0 Å². The molecule has 0 fully saturated rings. The molecule has 148 valence electrons. The Bertz CT molecular complexity index is 1000. The highest BCUT2D eigenvalue weighted by Gasteiger charge is 2.18. The van der Waals surface area contributed by atoms with Crippen LogP contribution in [0.5, 0.6) is 5.75 Å². The number of anilines is 1. The van der Waals surface area contributed by atoms with Crippen molar-refractivity contribution in [2.75, 3.05) is 24.3 Å². The Balaban J connectivity index is 1.72. The van der Waals surface area contributed by atoms with E-state index in [1.54, 1.807) is 31.4 Å². The fraction of sp³-hybridized carbons (Fsp3) is 0.211. The Kier molecular flexibility index (Phi) is 6.76. The van der Waals surface area contributed by atoms with Crippen LogP contribution in [0.15, 0.2) is 53.7 Å². The van der Waals surface area contributed by atoms with E-state index in [0.717, 1.165) is 5.69 Å². The number of methoxy groups -OCH3 is 1. The Labute approximate surface area is 170 Å². The van der Waals surface area contributed by atoms with Gasteiger partial charge in [-0.05, 0) is 59.0 Å². The molecule has 0 N–H and O–H groups in total. The van der Waals surface area contributed by atoms with Crippen LogP contribution in [0.1, 0.15) is 6.42 Å². The Morgan fingerprint density at radius 1 is 1.24 bits per heavy atom. The molecule has 3 aromatic rings. The van der Waals surface area contributed by atoms with E-state index in [0.29, 0.717) is 16.6 Å². The summed E-state index contributed by atoms with van der Waals surface area (Å²) in [6.07, 6.45) is 0.164. The molecule has 0 radical (unpaired) electrons. The predicted molar refractivity (Wildman–Crippen MR) is 105 cm³/mol. The second kappa shape index (κ2) is 9.66. The van der Waals surface area contributed by atoms with Crippen molar-refractivity contribution >= 4 is 23.4 Å². The van der Waals surface area contributed by atoms with Gasteiger partial charge in [-0.15, -0.1) is 5.10 Å². The van der Waals surface area contributed by atoms with Crippen LogP contribution in [0, 0.1) is 17.1 Å². The summed E-state index contributed by atoms with van der Waals surface area (Å²) >= 11 is 1.17. The topological polar surface area (TPSA) is 96.9 Å². The number of halogens is 1. The molecule has 0 spiro atoms. The number of amides is 1. The smallest absolute Gasteiger partial charge is 0.237 e. The van der Waals surface area contributed by atoms with E-state index < -0.39 is 5.82 Å². The lowest BCUT2D eigenvalue weighted by atomic mass is 10.2. The first kappa shape index (κ1) is 20.3. The maximum atomic E-state index is 13.2. The summed E-state index contributed by atoms with van der Waals surface area (Å²) in [7, 11) is 1.58. The minimum Gasteiger partial charge on any atom is -0.497 e. The van der Waals surface area contributed by atoms with Gasteiger partial charge in [-0.25, -0.2) is 4.39 Å². The molecule has 0 aliphatic heterocycles.